The van der Waals surface area contributed by atoms with Crippen LogP contribution in [-0.4, -0.2) is 20.6 Å². The van der Waals surface area contributed by atoms with Gasteiger partial charge in [0.1, 0.15) is 5.82 Å². The second kappa shape index (κ2) is 9.90. The number of aromatic nitrogens is 2. The molecule has 1 N–H and O–H groups in total. The molecule has 0 spiro atoms. The Bertz CT molecular complexity index is 1010. The second-order valence-electron chi connectivity index (χ2n) is 7.06. The molecule has 3 rings (SSSR count). The van der Waals surface area contributed by atoms with E-state index in [0.717, 1.165) is 47.5 Å². The Morgan fingerprint density at radius 2 is 2.07 bits per heavy atom. The number of imidazole rings is 1. The lowest BCUT2D eigenvalue weighted by atomic mass is 10.0. The van der Waals surface area contributed by atoms with E-state index in [1.807, 2.05) is 48.0 Å². The number of carboxylic acid groups (broad SMARTS) is 1. The van der Waals surface area contributed by atoms with Crippen LogP contribution < -0.4 is 0 Å². The molecule has 0 atom stereocenters. The smallest absolute Gasteiger partial charge is 0.332 e. The fraction of sp³-hybridized carbons (Fsp3) is 0.304. The minimum Gasteiger partial charge on any atom is -0.478 e. The van der Waals surface area contributed by atoms with Gasteiger partial charge in [-0.2, -0.15) is 11.3 Å². The molecule has 0 fully saturated rings. The third-order valence-corrected chi connectivity index (χ3v) is 6.14. The highest BCUT2D eigenvalue weighted by atomic mass is 35.5. The van der Waals surface area contributed by atoms with Crippen molar-refractivity contribution in [1.82, 2.24) is 9.55 Å². The van der Waals surface area contributed by atoms with Crippen LogP contribution in [0.5, 0.6) is 0 Å². The summed E-state index contributed by atoms with van der Waals surface area (Å²) in [6.45, 7) is 4.59. The van der Waals surface area contributed by atoms with Crippen molar-refractivity contribution in [1.29, 1.82) is 0 Å². The summed E-state index contributed by atoms with van der Waals surface area (Å²) in [6.07, 6.45) is 5.14. The molecule has 0 radical (unpaired) electrons. The Balaban J connectivity index is 2.05. The average molecular weight is 429 g/mol. The molecule has 3 aromatic rings. The molecule has 152 valence electrons. The zero-order valence-corrected chi connectivity index (χ0v) is 18.3. The maximum Gasteiger partial charge on any atom is 0.332 e. The maximum atomic E-state index is 12.0. The fourth-order valence-electron chi connectivity index (χ4n) is 3.34. The first-order valence-electron chi connectivity index (χ1n) is 9.73. The van der Waals surface area contributed by atoms with Crippen LogP contribution >= 0.6 is 22.9 Å². The first-order valence-corrected chi connectivity index (χ1v) is 11.1. The van der Waals surface area contributed by atoms with E-state index in [9.17, 15) is 9.90 Å². The Hall–Kier alpha value is -2.37. The summed E-state index contributed by atoms with van der Waals surface area (Å²) in [4.78, 5) is 16.7. The largest absolute Gasteiger partial charge is 0.478 e. The lowest BCUT2D eigenvalue weighted by molar-refractivity contribution is -0.132. The number of unbranched alkanes of at least 4 members (excludes halogenated alkanes) is 1. The third-order valence-electron chi connectivity index (χ3n) is 5.03. The summed E-state index contributed by atoms with van der Waals surface area (Å²) in [5.41, 5.74) is 3.98. The van der Waals surface area contributed by atoms with Crippen LogP contribution in [0.3, 0.4) is 0 Å². The molecule has 6 heteroatoms. The Morgan fingerprint density at radius 3 is 2.72 bits per heavy atom. The zero-order chi connectivity index (χ0) is 20.8. The summed E-state index contributed by atoms with van der Waals surface area (Å²) in [5, 5.41) is 14.5. The first kappa shape index (κ1) is 21.3. The molecular weight excluding hydrogens is 404 g/mol. The zero-order valence-electron chi connectivity index (χ0n) is 16.7. The van der Waals surface area contributed by atoms with E-state index in [2.05, 4.69) is 16.5 Å². The SMILES string of the molecule is CCCCc1ncc(C(C)=C(Cc2ccsc2)C(=O)O)n1Cc1ccccc1Cl. The van der Waals surface area contributed by atoms with Crippen molar-refractivity contribution in [3.8, 4) is 0 Å². The van der Waals surface area contributed by atoms with Gasteiger partial charge in [-0.15, -0.1) is 0 Å². The van der Waals surface area contributed by atoms with Crippen LogP contribution in [-0.2, 0) is 24.2 Å². The molecule has 2 aromatic heterocycles. The standard InChI is InChI=1S/C23H25ClN2O2S/c1-3-4-9-22-25-13-21(26(22)14-18-7-5-6-8-20(18)24)16(2)19(23(27)28)12-17-10-11-29-15-17/h5-8,10-11,13,15H,3-4,9,12,14H2,1-2H3,(H,27,28). The van der Waals surface area contributed by atoms with Gasteiger partial charge in [0.25, 0.3) is 0 Å². The summed E-state index contributed by atoms with van der Waals surface area (Å²) in [6, 6.07) is 9.71. The van der Waals surface area contributed by atoms with Crippen molar-refractivity contribution in [2.45, 2.75) is 46.1 Å². The minimum absolute atomic E-state index is 0.394. The number of nitrogens with zero attached hydrogens (tertiary/aromatic N) is 2. The highest BCUT2D eigenvalue weighted by Crippen LogP contribution is 2.26. The first-order chi connectivity index (χ1) is 14.0. The number of benzene rings is 1. The van der Waals surface area contributed by atoms with Gasteiger partial charge in [-0.05, 0) is 52.9 Å². The lowest BCUT2D eigenvalue weighted by Crippen LogP contribution is -2.12. The predicted octanol–water partition coefficient (Wildman–Crippen LogP) is 6.09. The number of carbonyl (C=O) groups is 1. The number of carboxylic acids is 1. The monoisotopic (exact) mass is 428 g/mol. The van der Waals surface area contributed by atoms with Gasteiger partial charge in [0, 0.05) is 23.4 Å². The van der Waals surface area contributed by atoms with E-state index < -0.39 is 5.97 Å². The van der Waals surface area contributed by atoms with Gasteiger partial charge in [0.05, 0.1) is 18.4 Å². The lowest BCUT2D eigenvalue weighted by Gasteiger charge is -2.15. The van der Waals surface area contributed by atoms with Crippen molar-refractivity contribution in [2.24, 2.45) is 0 Å². The number of hydrogen-bond acceptors (Lipinski definition) is 3. The molecule has 4 nitrogen and oxygen atoms in total. The molecule has 0 amide bonds. The van der Waals surface area contributed by atoms with Crippen LogP contribution in [0.25, 0.3) is 5.57 Å². The van der Waals surface area contributed by atoms with Crippen LogP contribution in [0.15, 0.2) is 52.9 Å². The molecular formula is C23H25ClN2O2S. The van der Waals surface area contributed by atoms with E-state index in [1.54, 1.807) is 17.5 Å². The predicted molar refractivity (Wildman–Crippen MR) is 120 cm³/mol. The number of thiophene rings is 1. The number of halogens is 1. The molecule has 0 aliphatic rings. The maximum absolute atomic E-state index is 12.0. The summed E-state index contributed by atoms with van der Waals surface area (Å²) in [7, 11) is 0. The quantitative estimate of drug-likeness (QED) is 0.419. The molecule has 0 saturated carbocycles. The third kappa shape index (κ3) is 5.17. The van der Waals surface area contributed by atoms with Crippen LogP contribution in [0.1, 0.15) is 49.3 Å². The number of aliphatic carboxylic acids is 1. The van der Waals surface area contributed by atoms with Gasteiger partial charge in [-0.1, -0.05) is 43.1 Å². The second-order valence-corrected chi connectivity index (χ2v) is 8.25. The minimum atomic E-state index is -0.894. The van der Waals surface area contributed by atoms with Crippen molar-refractivity contribution < 1.29 is 9.90 Å². The number of rotatable bonds is 9. The van der Waals surface area contributed by atoms with Gasteiger partial charge in [0.15, 0.2) is 0 Å². The molecule has 1 aromatic carbocycles. The van der Waals surface area contributed by atoms with Gasteiger partial charge < -0.3 is 9.67 Å². The van der Waals surface area contributed by atoms with E-state index in [0.29, 0.717) is 23.6 Å². The van der Waals surface area contributed by atoms with Gasteiger partial charge in [-0.25, -0.2) is 9.78 Å². The van der Waals surface area contributed by atoms with E-state index in [4.69, 9.17) is 11.6 Å². The summed E-state index contributed by atoms with van der Waals surface area (Å²) in [5.74, 6) is 0.0655. The molecule has 0 saturated heterocycles. The van der Waals surface area contributed by atoms with Crippen molar-refractivity contribution in [3.05, 3.63) is 80.5 Å². The number of hydrogen-bond donors (Lipinski definition) is 1. The average Bonchev–Trinajstić information content (AvgIpc) is 3.35. The normalized spacial score (nSPS) is 12.1. The van der Waals surface area contributed by atoms with Crippen molar-refractivity contribution in [3.63, 3.8) is 0 Å². The van der Waals surface area contributed by atoms with Gasteiger partial charge >= 0.3 is 5.97 Å². The molecule has 29 heavy (non-hydrogen) atoms. The molecule has 2 heterocycles. The summed E-state index contributed by atoms with van der Waals surface area (Å²) < 4.78 is 2.11. The Kier molecular flexibility index (Phi) is 7.29. The van der Waals surface area contributed by atoms with E-state index in [1.165, 1.54) is 0 Å². The van der Waals surface area contributed by atoms with Crippen LogP contribution in [0.2, 0.25) is 5.02 Å². The van der Waals surface area contributed by atoms with Crippen LogP contribution in [0.4, 0.5) is 0 Å². The highest BCUT2D eigenvalue weighted by Gasteiger charge is 2.19. The Labute approximate surface area is 180 Å². The molecule has 0 bridgehead atoms. The summed E-state index contributed by atoms with van der Waals surface area (Å²) >= 11 is 7.97. The highest BCUT2D eigenvalue weighted by molar-refractivity contribution is 7.07. The van der Waals surface area contributed by atoms with E-state index in [-0.39, 0.29) is 0 Å². The molecule has 0 aliphatic heterocycles. The number of allylic oxidation sites excluding steroid dienone is 1. The van der Waals surface area contributed by atoms with E-state index >= 15 is 0 Å². The fourth-order valence-corrected chi connectivity index (χ4v) is 4.21. The topological polar surface area (TPSA) is 55.1 Å². The van der Waals surface area contributed by atoms with Crippen molar-refractivity contribution >= 4 is 34.5 Å². The van der Waals surface area contributed by atoms with Gasteiger partial charge in [0.2, 0.25) is 0 Å². The molecule has 0 aliphatic carbocycles. The Morgan fingerprint density at radius 1 is 1.28 bits per heavy atom. The van der Waals surface area contributed by atoms with Gasteiger partial charge in [-0.3, -0.25) is 0 Å². The number of aryl methyl sites for hydroxylation is 1. The molecule has 0 unspecified atom stereocenters. The van der Waals surface area contributed by atoms with Crippen molar-refractivity contribution in [2.75, 3.05) is 0 Å². The van der Waals surface area contributed by atoms with Crippen LogP contribution in [0, 0.1) is 0 Å².